The maximum atomic E-state index is 14.0. The summed E-state index contributed by atoms with van der Waals surface area (Å²) in [6.07, 6.45) is 4.01. The third-order valence-corrected chi connectivity index (χ3v) is 7.09. The molecule has 4 rings (SSSR count). The van der Waals surface area contributed by atoms with Crippen LogP contribution in [0.5, 0.6) is 0 Å². The van der Waals surface area contributed by atoms with E-state index in [4.69, 9.17) is 6.42 Å². The number of terminal acetylenes is 1. The van der Waals surface area contributed by atoms with Crippen LogP contribution in [0.2, 0.25) is 0 Å². The van der Waals surface area contributed by atoms with Gasteiger partial charge >= 0.3 is 6.18 Å². The van der Waals surface area contributed by atoms with Crippen LogP contribution < -0.4 is 10.2 Å². The van der Waals surface area contributed by atoms with Crippen LogP contribution in [0.4, 0.5) is 18.9 Å². The zero-order valence-electron chi connectivity index (χ0n) is 20.8. The van der Waals surface area contributed by atoms with Crippen molar-refractivity contribution in [3.63, 3.8) is 0 Å². The Morgan fingerprint density at radius 1 is 1.30 bits per heavy atom. The van der Waals surface area contributed by atoms with Crippen molar-refractivity contribution in [2.75, 3.05) is 24.5 Å². The molecule has 2 amide bonds. The first-order valence-corrected chi connectivity index (χ1v) is 12.3. The average molecular weight is 510 g/mol. The van der Waals surface area contributed by atoms with Gasteiger partial charge in [0.2, 0.25) is 5.91 Å². The number of anilines is 1. The molecular weight excluding hydrogens is 479 g/mol. The minimum absolute atomic E-state index is 0.000643. The van der Waals surface area contributed by atoms with Crippen LogP contribution in [0.3, 0.4) is 0 Å². The Kier molecular flexibility index (Phi) is 7.74. The lowest BCUT2D eigenvalue weighted by Gasteiger charge is -2.33. The van der Waals surface area contributed by atoms with Crippen molar-refractivity contribution in [2.24, 2.45) is 5.92 Å². The Balaban J connectivity index is 1.52. The first-order valence-electron chi connectivity index (χ1n) is 12.3. The molecule has 1 heterocycles. The minimum Gasteiger partial charge on any atom is -0.327 e. The summed E-state index contributed by atoms with van der Waals surface area (Å²) in [7, 11) is 0. The van der Waals surface area contributed by atoms with Gasteiger partial charge in [0.1, 0.15) is 0 Å². The van der Waals surface area contributed by atoms with Crippen LogP contribution in [0.25, 0.3) is 0 Å². The molecule has 0 bridgehead atoms. The van der Waals surface area contributed by atoms with Crippen LogP contribution in [0.15, 0.2) is 49.1 Å². The largest absolute Gasteiger partial charge is 0.416 e. The number of alkyl halides is 3. The Bertz CT molecular complexity index is 1240. The molecule has 1 saturated carbocycles. The fraction of sp³-hybridized carbons (Fsp3) is 0.379. The highest BCUT2D eigenvalue weighted by atomic mass is 19.4. The number of benzene rings is 2. The smallest absolute Gasteiger partial charge is 0.327 e. The van der Waals surface area contributed by atoms with Gasteiger partial charge in [-0.2, -0.15) is 13.2 Å². The van der Waals surface area contributed by atoms with Crippen molar-refractivity contribution >= 4 is 17.5 Å². The summed E-state index contributed by atoms with van der Waals surface area (Å²) in [4.78, 5) is 28.0. The van der Waals surface area contributed by atoms with E-state index in [1.807, 2.05) is 18.2 Å². The van der Waals surface area contributed by atoms with E-state index in [-0.39, 0.29) is 43.2 Å². The molecule has 0 unspecified atom stereocenters. The van der Waals surface area contributed by atoms with Crippen LogP contribution in [-0.4, -0.2) is 36.3 Å². The van der Waals surface area contributed by atoms with Crippen molar-refractivity contribution in [1.82, 2.24) is 10.2 Å². The average Bonchev–Trinajstić information content (AvgIpc) is 3.18. The quantitative estimate of drug-likeness (QED) is 0.290. The van der Waals surface area contributed by atoms with E-state index in [1.165, 1.54) is 15.9 Å². The van der Waals surface area contributed by atoms with Gasteiger partial charge in [-0.3, -0.25) is 9.59 Å². The standard InChI is InChI=1S/C29H30F3N3O2/c1-4-10-34(27(36)5-2)11-9-33-17-20-14-24-25(26(15-20)29(30,31)32)18-35(28(24)37)23-8-6-7-21(16-23)22-12-19(3)13-22/h1,5-8,14-16,19,22,33H,2,9-13,17-18H2,3H3. The van der Waals surface area contributed by atoms with Gasteiger partial charge in [-0.05, 0) is 71.7 Å². The van der Waals surface area contributed by atoms with Crippen molar-refractivity contribution in [3.8, 4) is 12.3 Å². The van der Waals surface area contributed by atoms with Gasteiger partial charge in [0.25, 0.3) is 5.91 Å². The second kappa shape index (κ2) is 10.8. The van der Waals surface area contributed by atoms with E-state index in [0.717, 1.165) is 30.5 Å². The summed E-state index contributed by atoms with van der Waals surface area (Å²) in [6.45, 7) is 6.31. The summed E-state index contributed by atoms with van der Waals surface area (Å²) in [5.41, 5.74) is 1.36. The van der Waals surface area contributed by atoms with Gasteiger partial charge in [-0.25, -0.2) is 0 Å². The Labute approximate surface area is 215 Å². The summed E-state index contributed by atoms with van der Waals surface area (Å²) >= 11 is 0. The summed E-state index contributed by atoms with van der Waals surface area (Å²) in [5.74, 6) is 2.73. The van der Waals surface area contributed by atoms with Gasteiger partial charge in [0, 0.05) is 30.9 Å². The molecule has 0 aromatic heterocycles. The number of amides is 2. The fourth-order valence-electron chi connectivity index (χ4n) is 5.11. The predicted molar refractivity (Wildman–Crippen MR) is 137 cm³/mol. The third kappa shape index (κ3) is 5.72. The molecule has 0 spiro atoms. The first kappa shape index (κ1) is 26.5. The lowest BCUT2D eigenvalue weighted by molar-refractivity contribution is -0.138. The Morgan fingerprint density at radius 3 is 2.70 bits per heavy atom. The molecule has 1 aliphatic heterocycles. The zero-order valence-corrected chi connectivity index (χ0v) is 20.8. The molecule has 2 aromatic rings. The number of halogens is 3. The first-order chi connectivity index (χ1) is 17.6. The monoisotopic (exact) mass is 509 g/mol. The number of carbonyl (C=O) groups is 2. The number of hydrogen-bond acceptors (Lipinski definition) is 3. The molecule has 0 saturated heterocycles. The Morgan fingerprint density at radius 2 is 2.05 bits per heavy atom. The summed E-state index contributed by atoms with van der Waals surface area (Å²) < 4.78 is 42.1. The van der Waals surface area contributed by atoms with E-state index in [0.29, 0.717) is 29.6 Å². The van der Waals surface area contributed by atoms with Gasteiger partial charge < -0.3 is 15.1 Å². The molecule has 194 valence electrons. The second-order valence-electron chi connectivity index (χ2n) is 9.77. The van der Waals surface area contributed by atoms with Crippen LogP contribution in [0.1, 0.15) is 58.3 Å². The van der Waals surface area contributed by atoms with Crippen molar-refractivity contribution < 1.29 is 22.8 Å². The molecule has 0 radical (unpaired) electrons. The molecule has 8 heteroatoms. The lowest BCUT2D eigenvalue weighted by Crippen LogP contribution is -2.36. The van der Waals surface area contributed by atoms with Crippen molar-refractivity contribution in [1.29, 1.82) is 0 Å². The highest BCUT2D eigenvalue weighted by Gasteiger charge is 2.40. The molecular formula is C29H30F3N3O2. The Hall–Kier alpha value is -3.57. The van der Waals surface area contributed by atoms with Gasteiger partial charge in [0.15, 0.2) is 0 Å². The third-order valence-electron chi connectivity index (χ3n) is 7.09. The zero-order chi connectivity index (χ0) is 26.7. The maximum Gasteiger partial charge on any atom is 0.416 e. The van der Waals surface area contributed by atoms with E-state index >= 15 is 0 Å². The molecule has 5 nitrogen and oxygen atoms in total. The minimum atomic E-state index is -4.60. The predicted octanol–water partition coefficient (Wildman–Crippen LogP) is 5.12. The highest BCUT2D eigenvalue weighted by molar-refractivity contribution is 6.10. The van der Waals surface area contributed by atoms with Crippen LogP contribution >= 0.6 is 0 Å². The highest BCUT2D eigenvalue weighted by Crippen LogP contribution is 2.43. The van der Waals surface area contributed by atoms with E-state index < -0.39 is 17.6 Å². The van der Waals surface area contributed by atoms with Crippen molar-refractivity contribution in [3.05, 3.63) is 76.9 Å². The maximum absolute atomic E-state index is 14.0. The number of hydrogen-bond donors (Lipinski definition) is 1. The lowest BCUT2D eigenvalue weighted by atomic mass is 9.72. The number of carbonyl (C=O) groups excluding carboxylic acids is 2. The summed E-state index contributed by atoms with van der Waals surface area (Å²) in [5, 5.41) is 3.04. The molecule has 1 fully saturated rings. The molecule has 1 aliphatic carbocycles. The van der Waals surface area contributed by atoms with Crippen LogP contribution in [0, 0.1) is 18.3 Å². The number of nitrogens with one attached hydrogen (secondary N) is 1. The van der Waals surface area contributed by atoms with E-state index in [2.05, 4.69) is 24.7 Å². The molecule has 2 aliphatic rings. The van der Waals surface area contributed by atoms with Gasteiger partial charge in [0.05, 0.1) is 18.7 Å². The van der Waals surface area contributed by atoms with Crippen molar-refractivity contribution in [2.45, 2.75) is 44.9 Å². The molecule has 37 heavy (non-hydrogen) atoms. The number of fused-ring (bicyclic) bond motifs is 1. The molecule has 0 atom stereocenters. The summed E-state index contributed by atoms with van der Waals surface area (Å²) in [6, 6.07) is 10.2. The fourth-order valence-corrected chi connectivity index (χ4v) is 5.11. The van der Waals surface area contributed by atoms with Crippen LogP contribution in [-0.2, 0) is 24.1 Å². The van der Waals surface area contributed by atoms with E-state index in [9.17, 15) is 22.8 Å². The number of nitrogens with zero attached hydrogens (tertiary/aromatic N) is 2. The number of rotatable bonds is 9. The van der Waals surface area contributed by atoms with E-state index in [1.54, 1.807) is 6.07 Å². The molecule has 2 aromatic carbocycles. The normalized spacial score (nSPS) is 18.7. The second-order valence-corrected chi connectivity index (χ2v) is 9.77. The topological polar surface area (TPSA) is 52.6 Å². The SMILES string of the molecule is C#CCN(CCNCc1cc2c(c(C(F)(F)F)c1)CN(c1cccc(C3CC(C)C3)c1)C2=O)C(=O)C=C. The molecule has 1 N–H and O–H groups in total. The van der Waals surface area contributed by atoms with Gasteiger partial charge in [-0.1, -0.05) is 31.6 Å². The van der Waals surface area contributed by atoms with Gasteiger partial charge in [-0.15, -0.1) is 6.42 Å².